The van der Waals surface area contributed by atoms with Crippen LogP contribution in [0.25, 0.3) is 0 Å². The van der Waals surface area contributed by atoms with Crippen molar-refractivity contribution in [1.29, 1.82) is 0 Å². The average Bonchev–Trinajstić information content (AvgIpc) is 2.47. The summed E-state index contributed by atoms with van der Waals surface area (Å²) in [6, 6.07) is 15.4. The lowest BCUT2D eigenvalue weighted by Gasteiger charge is -2.18. The molecule has 0 radical (unpaired) electrons. The van der Waals surface area contributed by atoms with Gasteiger partial charge in [0, 0.05) is 18.1 Å². The lowest BCUT2D eigenvalue weighted by atomic mass is 10.1. The highest BCUT2D eigenvalue weighted by Crippen LogP contribution is 2.25. The molecular weight excluding hydrogens is 362 g/mol. The molecule has 2 rings (SSSR count). The van der Waals surface area contributed by atoms with Crippen molar-refractivity contribution in [1.82, 2.24) is 4.31 Å². The van der Waals surface area contributed by atoms with E-state index in [0.29, 0.717) is 15.9 Å². The number of sulfonamides is 1. The quantitative estimate of drug-likeness (QED) is 0.757. The van der Waals surface area contributed by atoms with Crippen molar-refractivity contribution in [2.45, 2.75) is 24.7 Å². The van der Waals surface area contributed by atoms with Gasteiger partial charge in [0.05, 0.1) is 4.90 Å². The molecule has 0 aliphatic heterocycles. The fraction of sp³-hybridized carbons (Fsp3) is 0.294. The topological polar surface area (TPSA) is 37.4 Å². The number of benzene rings is 2. The Hall–Kier alpha value is -1.17. The summed E-state index contributed by atoms with van der Waals surface area (Å²) in [6.45, 7) is 2.43. The average molecular weight is 382 g/mol. The molecule has 0 bridgehead atoms. The van der Waals surface area contributed by atoms with Crippen LogP contribution in [-0.4, -0.2) is 26.3 Å². The highest BCUT2D eigenvalue weighted by Gasteiger charge is 2.22. The molecule has 0 saturated heterocycles. The van der Waals surface area contributed by atoms with Crippen molar-refractivity contribution in [3.63, 3.8) is 0 Å². The third-order valence-corrected chi connectivity index (χ3v) is 6.39. The molecule has 5 heteroatoms. The van der Waals surface area contributed by atoms with Crippen molar-refractivity contribution in [3.05, 3.63) is 64.1 Å². The van der Waals surface area contributed by atoms with Gasteiger partial charge in [-0.25, -0.2) is 12.7 Å². The van der Waals surface area contributed by atoms with Gasteiger partial charge in [-0.05, 0) is 59.0 Å². The lowest BCUT2D eigenvalue weighted by molar-refractivity contribution is 0.461. The van der Waals surface area contributed by atoms with E-state index in [1.54, 1.807) is 13.1 Å². The maximum Gasteiger partial charge on any atom is 0.243 e. The van der Waals surface area contributed by atoms with Gasteiger partial charge in [0.25, 0.3) is 0 Å². The van der Waals surface area contributed by atoms with Gasteiger partial charge in [-0.2, -0.15) is 0 Å². The third kappa shape index (κ3) is 4.18. The van der Waals surface area contributed by atoms with Gasteiger partial charge < -0.3 is 0 Å². The van der Waals surface area contributed by atoms with Crippen LogP contribution in [0, 0.1) is 6.92 Å². The van der Waals surface area contributed by atoms with Gasteiger partial charge in [0.15, 0.2) is 0 Å². The predicted molar refractivity (Wildman–Crippen MR) is 93.5 cm³/mol. The SMILES string of the molecule is Cc1ccc(S(=O)(=O)N(C)CCCc2ccccc2)c(Br)c1. The molecule has 0 unspecified atom stereocenters. The summed E-state index contributed by atoms with van der Waals surface area (Å²) in [5.41, 5.74) is 2.25. The van der Waals surface area contributed by atoms with Gasteiger partial charge in [0.1, 0.15) is 0 Å². The fourth-order valence-electron chi connectivity index (χ4n) is 2.25. The van der Waals surface area contributed by atoms with Crippen LogP contribution in [0.2, 0.25) is 0 Å². The first kappa shape index (κ1) is 17.2. The maximum absolute atomic E-state index is 12.6. The number of hydrogen-bond donors (Lipinski definition) is 0. The predicted octanol–water partition coefficient (Wildman–Crippen LogP) is 4.01. The Labute approximate surface area is 141 Å². The van der Waals surface area contributed by atoms with E-state index in [9.17, 15) is 8.42 Å². The van der Waals surface area contributed by atoms with E-state index in [1.165, 1.54) is 9.87 Å². The number of rotatable bonds is 6. The Morgan fingerprint density at radius 1 is 1.09 bits per heavy atom. The minimum absolute atomic E-state index is 0.320. The summed E-state index contributed by atoms with van der Waals surface area (Å²) in [5.74, 6) is 0. The highest BCUT2D eigenvalue weighted by atomic mass is 79.9. The Balaban J connectivity index is 2.03. The van der Waals surface area contributed by atoms with Crippen LogP contribution < -0.4 is 0 Å². The van der Waals surface area contributed by atoms with E-state index >= 15 is 0 Å². The van der Waals surface area contributed by atoms with Gasteiger partial charge in [-0.3, -0.25) is 0 Å². The van der Waals surface area contributed by atoms with E-state index in [4.69, 9.17) is 0 Å². The number of hydrogen-bond acceptors (Lipinski definition) is 2. The number of nitrogens with zero attached hydrogens (tertiary/aromatic N) is 1. The van der Waals surface area contributed by atoms with Gasteiger partial charge in [0.2, 0.25) is 10.0 Å². The van der Waals surface area contributed by atoms with Crippen molar-refractivity contribution in [2.24, 2.45) is 0 Å². The molecule has 0 aromatic heterocycles. The van der Waals surface area contributed by atoms with Crippen LogP contribution in [0.5, 0.6) is 0 Å². The molecule has 2 aromatic rings. The summed E-state index contributed by atoms with van der Waals surface area (Å²) in [6.07, 6.45) is 1.67. The smallest absolute Gasteiger partial charge is 0.207 e. The van der Waals surface area contributed by atoms with Crippen molar-refractivity contribution >= 4 is 26.0 Å². The van der Waals surface area contributed by atoms with Crippen molar-refractivity contribution < 1.29 is 8.42 Å². The second-order valence-corrected chi connectivity index (χ2v) is 8.22. The van der Waals surface area contributed by atoms with Crippen LogP contribution in [0.15, 0.2) is 57.9 Å². The normalized spacial score (nSPS) is 11.8. The molecule has 0 aliphatic rings. The minimum Gasteiger partial charge on any atom is -0.207 e. The van der Waals surface area contributed by atoms with Gasteiger partial charge in [-0.15, -0.1) is 0 Å². The van der Waals surface area contributed by atoms with E-state index < -0.39 is 10.0 Å². The zero-order chi connectivity index (χ0) is 16.2. The molecule has 0 spiro atoms. The molecule has 0 N–H and O–H groups in total. The van der Waals surface area contributed by atoms with Crippen molar-refractivity contribution in [2.75, 3.05) is 13.6 Å². The van der Waals surface area contributed by atoms with E-state index in [2.05, 4.69) is 28.1 Å². The minimum atomic E-state index is -3.45. The van der Waals surface area contributed by atoms with Crippen LogP contribution in [0.4, 0.5) is 0 Å². The fourth-order valence-corrected chi connectivity index (χ4v) is 4.61. The molecular formula is C17H20BrNO2S. The van der Waals surface area contributed by atoms with Crippen LogP contribution in [-0.2, 0) is 16.4 Å². The zero-order valence-corrected chi connectivity index (χ0v) is 15.2. The molecule has 118 valence electrons. The standard InChI is InChI=1S/C17H20BrNO2S/c1-14-10-11-17(16(18)13-14)22(20,21)19(2)12-6-9-15-7-4-3-5-8-15/h3-5,7-8,10-11,13H,6,9,12H2,1-2H3. The molecule has 0 aliphatic carbocycles. The van der Waals surface area contributed by atoms with E-state index in [0.717, 1.165) is 18.4 Å². The molecule has 0 saturated carbocycles. The summed E-state index contributed by atoms with van der Waals surface area (Å²) in [5, 5.41) is 0. The molecule has 22 heavy (non-hydrogen) atoms. The van der Waals surface area contributed by atoms with Crippen LogP contribution in [0.1, 0.15) is 17.5 Å². The first-order valence-corrected chi connectivity index (χ1v) is 9.41. The molecule has 0 atom stereocenters. The van der Waals surface area contributed by atoms with Crippen molar-refractivity contribution in [3.8, 4) is 0 Å². The zero-order valence-electron chi connectivity index (χ0n) is 12.8. The van der Waals surface area contributed by atoms with Crippen LogP contribution >= 0.6 is 15.9 Å². The van der Waals surface area contributed by atoms with Crippen LogP contribution in [0.3, 0.4) is 0 Å². The third-order valence-electron chi connectivity index (χ3n) is 3.56. The maximum atomic E-state index is 12.6. The summed E-state index contributed by atoms with van der Waals surface area (Å²) in [4.78, 5) is 0.320. The first-order chi connectivity index (χ1) is 10.4. The Morgan fingerprint density at radius 3 is 2.41 bits per heavy atom. The van der Waals surface area contributed by atoms with Gasteiger partial charge in [-0.1, -0.05) is 36.4 Å². The molecule has 0 fully saturated rings. The largest absolute Gasteiger partial charge is 0.243 e. The Bertz CT molecular complexity index is 730. The monoisotopic (exact) mass is 381 g/mol. The molecule has 3 nitrogen and oxygen atoms in total. The highest BCUT2D eigenvalue weighted by molar-refractivity contribution is 9.10. The molecule has 2 aromatic carbocycles. The second kappa shape index (κ2) is 7.40. The number of aryl methyl sites for hydroxylation is 2. The second-order valence-electron chi connectivity index (χ2n) is 5.35. The first-order valence-electron chi connectivity index (χ1n) is 7.17. The van der Waals surface area contributed by atoms with Gasteiger partial charge >= 0.3 is 0 Å². The number of halogens is 1. The molecule has 0 amide bonds. The summed E-state index contributed by atoms with van der Waals surface area (Å²) >= 11 is 3.35. The Kier molecular flexibility index (Phi) is 5.78. The molecule has 0 heterocycles. The van der Waals surface area contributed by atoms with E-state index in [-0.39, 0.29) is 0 Å². The van der Waals surface area contributed by atoms with E-state index in [1.807, 2.05) is 37.3 Å². The summed E-state index contributed by atoms with van der Waals surface area (Å²) in [7, 11) is -1.82. The Morgan fingerprint density at radius 2 is 1.77 bits per heavy atom. The summed E-state index contributed by atoms with van der Waals surface area (Å²) < 4.78 is 27.2. The lowest BCUT2D eigenvalue weighted by Crippen LogP contribution is -2.28.